The summed E-state index contributed by atoms with van der Waals surface area (Å²) in [5.74, 6) is 0.497. The summed E-state index contributed by atoms with van der Waals surface area (Å²) in [6.07, 6.45) is 2.12. The first-order valence-corrected chi connectivity index (χ1v) is 6.84. The Labute approximate surface area is 113 Å². The highest BCUT2D eigenvalue weighted by Gasteiger charge is 2.28. The van der Waals surface area contributed by atoms with E-state index in [1.807, 2.05) is 18.2 Å². The minimum absolute atomic E-state index is 0.208. The Morgan fingerprint density at radius 3 is 2.68 bits per heavy atom. The number of carbonyl (C=O) groups excluding carboxylic acids is 1. The van der Waals surface area contributed by atoms with Crippen molar-refractivity contribution in [2.75, 3.05) is 18.4 Å². The number of rotatable bonds is 5. The van der Waals surface area contributed by atoms with Gasteiger partial charge in [0.05, 0.1) is 0 Å². The molecule has 0 unspecified atom stereocenters. The monoisotopic (exact) mass is 254 g/mol. The van der Waals surface area contributed by atoms with Crippen molar-refractivity contribution in [1.82, 2.24) is 5.32 Å². The quantitative estimate of drug-likeness (QED) is 0.806. The molecule has 3 heteroatoms. The summed E-state index contributed by atoms with van der Waals surface area (Å²) in [5.41, 5.74) is 1.12. The molecule has 2 N–H and O–H groups in total. The molecule has 2 aromatic carbocycles. The van der Waals surface area contributed by atoms with Crippen LogP contribution >= 0.6 is 0 Å². The lowest BCUT2D eigenvalue weighted by Crippen LogP contribution is -2.29. The highest BCUT2D eigenvalue weighted by molar-refractivity contribution is 5.93. The van der Waals surface area contributed by atoms with Crippen LogP contribution in [-0.4, -0.2) is 19.0 Å². The highest BCUT2D eigenvalue weighted by atomic mass is 16.2. The minimum atomic E-state index is 0.208. The number of fused-ring (bicyclic) bond motifs is 1. The zero-order chi connectivity index (χ0) is 13.1. The molecule has 1 saturated carbocycles. The van der Waals surface area contributed by atoms with Crippen molar-refractivity contribution in [1.29, 1.82) is 0 Å². The van der Waals surface area contributed by atoms with Gasteiger partial charge in [-0.3, -0.25) is 4.79 Å². The maximum atomic E-state index is 11.5. The number of nitrogens with one attached hydrogen (secondary N) is 2. The molecule has 1 aliphatic rings. The Balaban J connectivity index is 1.57. The first-order valence-electron chi connectivity index (χ1n) is 6.84. The van der Waals surface area contributed by atoms with Gasteiger partial charge in [-0.25, -0.2) is 0 Å². The van der Waals surface area contributed by atoms with Crippen molar-refractivity contribution in [2.24, 2.45) is 5.92 Å². The van der Waals surface area contributed by atoms with E-state index in [9.17, 15) is 4.79 Å². The molecule has 1 amide bonds. The molecule has 3 nitrogen and oxygen atoms in total. The predicted octanol–water partition coefficient (Wildman–Crippen LogP) is 2.78. The van der Waals surface area contributed by atoms with Gasteiger partial charge in [-0.05, 0) is 24.3 Å². The Morgan fingerprint density at radius 1 is 1.05 bits per heavy atom. The van der Waals surface area contributed by atoms with E-state index in [1.54, 1.807) is 0 Å². The zero-order valence-electron chi connectivity index (χ0n) is 10.9. The molecular weight excluding hydrogens is 236 g/mol. The van der Waals surface area contributed by atoms with Crippen LogP contribution in [0.5, 0.6) is 0 Å². The fourth-order valence-corrected chi connectivity index (χ4v) is 2.25. The summed E-state index contributed by atoms with van der Waals surface area (Å²) in [6.45, 7) is 1.44. The molecule has 1 fully saturated rings. The van der Waals surface area contributed by atoms with Gasteiger partial charge in [-0.2, -0.15) is 0 Å². The fourth-order valence-electron chi connectivity index (χ4n) is 2.25. The van der Waals surface area contributed by atoms with E-state index in [2.05, 4.69) is 34.9 Å². The van der Waals surface area contributed by atoms with Crippen LogP contribution in [0, 0.1) is 5.92 Å². The topological polar surface area (TPSA) is 41.1 Å². The van der Waals surface area contributed by atoms with E-state index in [1.165, 1.54) is 10.8 Å². The molecule has 3 rings (SSSR count). The predicted molar refractivity (Wildman–Crippen MR) is 78.2 cm³/mol. The molecule has 0 spiro atoms. The fraction of sp³-hybridized carbons (Fsp3) is 0.312. The van der Waals surface area contributed by atoms with Gasteiger partial charge in [-0.1, -0.05) is 36.4 Å². The molecule has 0 heterocycles. The number of anilines is 1. The molecule has 0 bridgehead atoms. The van der Waals surface area contributed by atoms with Gasteiger partial charge in [0.15, 0.2) is 0 Å². The Hall–Kier alpha value is -2.03. The number of amides is 1. The Kier molecular flexibility index (Phi) is 3.36. The van der Waals surface area contributed by atoms with Crippen molar-refractivity contribution < 1.29 is 4.79 Å². The van der Waals surface area contributed by atoms with Crippen LogP contribution in [0.15, 0.2) is 42.5 Å². The van der Waals surface area contributed by atoms with Crippen LogP contribution in [0.3, 0.4) is 0 Å². The molecule has 0 atom stereocenters. The SMILES string of the molecule is O=C(NCCNc1cccc2ccccc12)C1CC1. The lowest BCUT2D eigenvalue weighted by Gasteiger charge is -2.10. The van der Waals surface area contributed by atoms with Crippen LogP contribution in [0.4, 0.5) is 5.69 Å². The summed E-state index contributed by atoms with van der Waals surface area (Å²) in [5, 5.41) is 8.80. The Bertz CT molecular complexity index is 585. The normalized spacial score (nSPS) is 14.3. The highest BCUT2D eigenvalue weighted by Crippen LogP contribution is 2.28. The summed E-state index contributed by atoms with van der Waals surface area (Å²) >= 11 is 0. The smallest absolute Gasteiger partial charge is 0.223 e. The number of benzene rings is 2. The van der Waals surface area contributed by atoms with Gasteiger partial charge in [0.2, 0.25) is 5.91 Å². The first-order chi connectivity index (χ1) is 9.34. The zero-order valence-corrected chi connectivity index (χ0v) is 10.9. The second kappa shape index (κ2) is 5.31. The first kappa shape index (κ1) is 12.0. The third-order valence-electron chi connectivity index (χ3n) is 3.48. The second-order valence-corrected chi connectivity index (χ2v) is 5.02. The van der Waals surface area contributed by atoms with E-state index < -0.39 is 0 Å². The average molecular weight is 254 g/mol. The molecule has 19 heavy (non-hydrogen) atoms. The van der Waals surface area contributed by atoms with Crippen LogP contribution in [0.1, 0.15) is 12.8 Å². The molecule has 0 saturated heterocycles. The summed E-state index contributed by atoms with van der Waals surface area (Å²) in [4.78, 5) is 11.5. The van der Waals surface area contributed by atoms with Crippen LogP contribution in [-0.2, 0) is 4.79 Å². The van der Waals surface area contributed by atoms with E-state index >= 15 is 0 Å². The van der Waals surface area contributed by atoms with Crippen molar-refractivity contribution in [3.8, 4) is 0 Å². The van der Waals surface area contributed by atoms with Gasteiger partial charge < -0.3 is 10.6 Å². The van der Waals surface area contributed by atoms with E-state index in [4.69, 9.17) is 0 Å². The van der Waals surface area contributed by atoms with E-state index in [0.29, 0.717) is 6.54 Å². The average Bonchev–Trinajstić information content (AvgIpc) is 3.28. The molecular formula is C16H18N2O. The van der Waals surface area contributed by atoms with Gasteiger partial charge in [-0.15, -0.1) is 0 Å². The molecule has 98 valence electrons. The van der Waals surface area contributed by atoms with Crippen LogP contribution < -0.4 is 10.6 Å². The molecule has 0 aliphatic heterocycles. The lowest BCUT2D eigenvalue weighted by atomic mass is 10.1. The number of hydrogen-bond acceptors (Lipinski definition) is 2. The Morgan fingerprint density at radius 2 is 1.84 bits per heavy atom. The molecule has 0 aromatic heterocycles. The maximum absolute atomic E-state index is 11.5. The number of carbonyl (C=O) groups is 1. The lowest BCUT2D eigenvalue weighted by molar-refractivity contribution is -0.122. The van der Waals surface area contributed by atoms with Crippen molar-refractivity contribution >= 4 is 22.4 Å². The third kappa shape index (κ3) is 2.87. The van der Waals surface area contributed by atoms with Crippen LogP contribution in [0.2, 0.25) is 0 Å². The largest absolute Gasteiger partial charge is 0.383 e. The van der Waals surface area contributed by atoms with Gasteiger partial charge in [0.1, 0.15) is 0 Å². The van der Waals surface area contributed by atoms with Gasteiger partial charge >= 0.3 is 0 Å². The van der Waals surface area contributed by atoms with Crippen molar-refractivity contribution in [2.45, 2.75) is 12.8 Å². The van der Waals surface area contributed by atoms with Crippen LogP contribution in [0.25, 0.3) is 10.8 Å². The number of hydrogen-bond donors (Lipinski definition) is 2. The minimum Gasteiger partial charge on any atom is -0.383 e. The maximum Gasteiger partial charge on any atom is 0.223 e. The van der Waals surface area contributed by atoms with Crippen molar-refractivity contribution in [3.05, 3.63) is 42.5 Å². The summed E-state index contributed by atoms with van der Waals surface area (Å²) in [6, 6.07) is 14.5. The molecule has 1 aliphatic carbocycles. The second-order valence-electron chi connectivity index (χ2n) is 5.02. The summed E-state index contributed by atoms with van der Waals surface area (Å²) < 4.78 is 0. The van der Waals surface area contributed by atoms with Gasteiger partial charge in [0, 0.05) is 30.1 Å². The third-order valence-corrected chi connectivity index (χ3v) is 3.48. The molecule has 0 radical (unpaired) electrons. The van der Waals surface area contributed by atoms with E-state index in [0.717, 1.165) is 25.1 Å². The molecule has 2 aromatic rings. The van der Waals surface area contributed by atoms with Gasteiger partial charge in [0.25, 0.3) is 0 Å². The van der Waals surface area contributed by atoms with E-state index in [-0.39, 0.29) is 11.8 Å². The summed E-state index contributed by atoms with van der Waals surface area (Å²) in [7, 11) is 0. The van der Waals surface area contributed by atoms with Crippen molar-refractivity contribution in [3.63, 3.8) is 0 Å². The standard InChI is InChI=1S/C16H18N2O/c19-16(13-8-9-13)18-11-10-17-15-7-3-5-12-4-1-2-6-14(12)15/h1-7,13,17H,8-11H2,(H,18,19).